The standard InChI is InChI=1S/C116H189F3N2O17P2/c1-84(2)42-23-43-85(3)44-24-45-86(4)46-25-47-87(5)48-26-49-88(6)50-27-51-89(7)52-28-53-90(8)54-29-55-91(9)56-30-57-92(10)58-31-59-93(11)60-32-61-94(12)62-33-63-95(13)64-34-65-96(14)66-35-67-97(15)68-36-69-98(16)70-37-71-99(17)72-38-73-100(18)74-39-75-101(19)76-40-77-102(20)78-41-79-103(21)80-81-133-139(129,130)138-140(131,132)137-114-108(121-115(128)116(117,118)119)111(127)112(106(83-123)135-114)136-113-107(120-104(22)124)110(126)109(125)105(82-122)134-113/h42,44,46,48,50,52,54,56,58,60,62,64,66,68,70,72,74,76,78,103,105-114,122-123,125-127H,23-41,43,45,47,49,51,53,55,57,59,61,63,65,67,69,71,73,75,77,79-83H2,1-22H3,(H,120,124)(H,121,128)(H,129,130)(H,131,132)/b85-44+,86-46+,87-48-,88-50-,89-52-,90-54-,91-56-,92-58-,93-60-,94-62-,95-64-,96-66-,97-68-,98-70-,99-72-,100-74-,101-76-,102-78-/t103-,105+,106+,107+,108+,109+,110+,111+,112+,113-,114+/m0/s1. The molecule has 2 fully saturated rings. The SMILES string of the molecule is CC(=O)N[C@H]1[C@H](O[C@H]2[C@H](O)[C@@H](NC(=O)C(F)(F)F)[C@@H](OP(=O)(O)OP(=O)(O)OCC[C@@H](C)CC/C=C(/C)CC/C=C(/C)CC/C=C(/C)CC/C=C(/C)CC/C=C(/C)CC/C=C(/C)CC/C=C(/C)CC/C=C(/C)CC/C=C(/C)CC/C=C(/C)CC/C=C(/C)CC/C=C(/C)CC/C=C(/C)CC/C=C(/C)CC/C=C(/C)CC/C=C(/C)CC/C=C(\C)CC/C=C(\C)CCC=C(C)C)O[C@@H]2CO)O[C@H](CO)[C@@H](O)[C@@H]1O. The average molecular weight is 2000 g/mol. The van der Waals surface area contributed by atoms with Gasteiger partial charge in [0, 0.05) is 6.92 Å². The third kappa shape index (κ3) is 63.9. The highest BCUT2D eigenvalue weighted by atomic mass is 31.3. The number of carbonyl (C=O) groups excluding carboxylic acids is 2. The van der Waals surface area contributed by atoms with Crippen molar-refractivity contribution in [3.8, 4) is 0 Å². The lowest BCUT2D eigenvalue weighted by atomic mass is 9.94. The molecular weight excluding hydrogens is 1810 g/mol. The highest BCUT2D eigenvalue weighted by Gasteiger charge is 2.55. The van der Waals surface area contributed by atoms with Crippen molar-refractivity contribution in [3.05, 3.63) is 221 Å². The van der Waals surface area contributed by atoms with Gasteiger partial charge in [0.2, 0.25) is 5.91 Å². The van der Waals surface area contributed by atoms with Gasteiger partial charge >= 0.3 is 27.7 Å². The Morgan fingerprint density at radius 3 is 0.800 bits per heavy atom. The van der Waals surface area contributed by atoms with Gasteiger partial charge in [-0.15, -0.1) is 0 Å². The second-order valence-corrected chi connectivity index (χ2v) is 43.6. The van der Waals surface area contributed by atoms with E-state index in [1.807, 2.05) is 6.92 Å². The maximum Gasteiger partial charge on any atom is 0.483 e. The number of phosphoric ester groups is 2. The minimum absolute atomic E-state index is 0.0668. The smallest absolute Gasteiger partial charge is 0.394 e. The summed E-state index contributed by atoms with van der Waals surface area (Å²) in [5, 5.41) is 55.9. The maximum atomic E-state index is 13.6. The van der Waals surface area contributed by atoms with Gasteiger partial charge in [-0.3, -0.25) is 18.6 Å². The van der Waals surface area contributed by atoms with Gasteiger partial charge in [-0.1, -0.05) is 228 Å². The molecule has 0 bridgehead atoms. The molecule has 0 aromatic rings. The average Bonchev–Trinajstić information content (AvgIpc) is 0.768. The molecule has 140 heavy (non-hydrogen) atoms. The van der Waals surface area contributed by atoms with Crippen molar-refractivity contribution in [2.75, 3.05) is 19.8 Å². The second-order valence-electron chi connectivity index (χ2n) is 40.6. The van der Waals surface area contributed by atoms with Crippen LogP contribution in [0.25, 0.3) is 0 Å². The van der Waals surface area contributed by atoms with Crippen LogP contribution in [-0.2, 0) is 46.3 Å². The van der Waals surface area contributed by atoms with E-state index in [0.29, 0.717) is 12.8 Å². The third-order valence-electron chi connectivity index (χ3n) is 26.0. The zero-order valence-corrected chi connectivity index (χ0v) is 92.0. The molecule has 0 aliphatic carbocycles. The number of allylic oxidation sites excluding steroid dienone is 38. The van der Waals surface area contributed by atoms with Crippen molar-refractivity contribution >= 4 is 27.5 Å². The van der Waals surface area contributed by atoms with E-state index < -0.39 is 115 Å². The number of aliphatic hydroxyl groups excluding tert-OH is 5. The van der Waals surface area contributed by atoms with Crippen LogP contribution in [0, 0.1) is 5.92 Å². The Kier molecular flexibility index (Phi) is 68.4. The van der Waals surface area contributed by atoms with Gasteiger partial charge in [0.1, 0.15) is 48.7 Å². The minimum Gasteiger partial charge on any atom is -0.394 e. The molecule has 0 spiro atoms. The van der Waals surface area contributed by atoms with Crippen LogP contribution in [0.3, 0.4) is 0 Å². The molecule has 0 aromatic heterocycles. The molecule has 2 amide bonds. The van der Waals surface area contributed by atoms with Gasteiger partial charge in [0.05, 0.1) is 19.8 Å². The van der Waals surface area contributed by atoms with E-state index in [-0.39, 0.29) is 12.3 Å². The highest BCUT2D eigenvalue weighted by molar-refractivity contribution is 7.61. The van der Waals surface area contributed by atoms with E-state index in [9.17, 15) is 67.2 Å². The Morgan fingerprint density at radius 1 is 0.329 bits per heavy atom. The summed E-state index contributed by atoms with van der Waals surface area (Å²) in [6.45, 7) is 45.5. The summed E-state index contributed by atoms with van der Waals surface area (Å²) in [7, 11) is -11.4. The van der Waals surface area contributed by atoms with E-state index in [1.165, 1.54) is 124 Å². The Labute approximate surface area is 845 Å². The largest absolute Gasteiger partial charge is 0.483 e. The van der Waals surface area contributed by atoms with Crippen molar-refractivity contribution in [3.63, 3.8) is 0 Å². The molecule has 0 aromatic carbocycles. The number of halogens is 3. The molecule has 2 heterocycles. The Hall–Kier alpha value is -6.27. The van der Waals surface area contributed by atoms with Crippen LogP contribution in [0.2, 0.25) is 0 Å². The molecule has 19 nitrogen and oxygen atoms in total. The molecule has 24 heteroatoms. The third-order valence-corrected chi connectivity index (χ3v) is 28.7. The monoisotopic (exact) mass is 2000 g/mol. The lowest BCUT2D eigenvalue weighted by molar-refractivity contribution is -0.326. The number of alkyl halides is 3. The normalized spacial score (nSPS) is 22.1. The van der Waals surface area contributed by atoms with Crippen molar-refractivity contribution in [2.24, 2.45) is 5.92 Å². The zero-order valence-electron chi connectivity index (χ0n) is 90.3. The lowest BCUT2D eigenvalue weighted by Crippen LogP contribution is -2.69. The first-order chi connectivity index (χ1) is 66.1. The summed E-state index contributed by atoms with van der Waals surface area (Å²) in [4.78, 5) is 45.2. The molecule has 2 saturated heterocycles. The van der Waals surface area contributed by atoms with E-state index in [4.69, 9.17) is 23.3 Å². The molecule has 13 atom stereocenters. The van der Waals surface area contributed by atoms with Gasteiger partial charge in [0.25, 0.3) is 0 Å². The Bertz CT molecular complexity index is 4400. The number of carbonyl (C=O) groups is 2. The zero-order chi connectivity index (χ0) is 105. The van der Waals surface area contributed by atoms with Crippen LogP contribution in [0.5, 0.6) is 0 Å². The number of aliphatic hydroxyl groups is 5. The number of amides is 2. The molecule has 2 rings (SSSR count). The topological polar surface area (TPSA) is 289 Å². The highest BCUT2D eigenvalue weighted by Crippen LogP contribution is 2.61. The minimum atomic E-state index is -5.94. The van der Waals surface area contributed by atoms with Crippen LogP contribution < -0.4 is 10.6 Å². The van der Waals surface area contributed by atoms with E-state index >= 15 is 0 Å². The van der Waals surface area contributed by atoms with Gasteiger partial charge in [0.15, 0.2) is 12.6 Å². The maximum absolute atomic E-state index is 13.6. The van der Waals surface area contributed by atoms with Crippen LogP contribution in [0.4, 0.5) is 13.2 Å². The number of phosphoric acid groups is 2. The number of hydrogen-bond donors (Lipinski definition) is 9. The lowest BCUT2D eigenvalue weighted by Gasteiger charge is -2.48. The summed E-state index contributed by atoms with van der Waals surface area (Å²) in [6.07, 6.45) is 65.0. The van der Waals surface area contributed by atoms with Crippen molar-refractivity contribution in [2.45, 2.75) is 470 Å². The molecule has 2 aliphatic heterocycles. The Balaban J connectivity index is 1.60. The first-order valence-corrected chi connectivity index (χ1v) is 55.1. The fourth-order valence-electron chi connectivity index (χ4n) is 16.6. The van der Waals surface area contributed by atoms with Crippen molar-refractivity contribution in [1.82, 2.24) is 10.6 Å². The molecular formula is C116H189F3N2O17P2. The Morgan fingerprint density at radius 2 is 0.564 bits per heavy atom. The van der Waals surface area contributed by atoms with E-state index in [1.54, 1.807) is 0 Å². The number of rotatable bonds is 71. The van der Waals surface area contributed by atoms with Crippen LogP contribution >= 0.6 is 15.6 Å². The molecule has 0 saturated carbocycles. The van der Waals surface area contributed by atoms with E-state index in [0.717, 1.165) is 225 Å². The van der Waals surface area contributed by atoms with Gasteiger partial charge < -0.3 is 60.2 Å². The quantitative estimate of drug-likeness (QED) is 0.0202. The summed E-state index contributed by atoms with van der Waals surface area (Å²) >= 11 is 0. The van der Waals surface area contributed by atoms with Gasteiger partial charge in [-0.25, -0.2) is 9.13 Å². The summed E-state index contributed by atoms with van der Waals surface area (Å²) in [5.41, 5.74) is 27.8. The molecule has 9 N–H and O–H groups in total. The fourth-order valence-corrected chi connectivity index (χ4v) is 18.8. The first-order valence-electron chi connectivity index (χ1n) is 52.1. The predicted molar refractivity (Wildman–Crippen MR) is 574 cm³/mol. The second kappa shape index (κ2) is 73.7. The molecule has 796 valence electrons. The summed E-state index contributed by atoms with van der Waals surface area (Å²) in [5.74, 6) is -3.60. The number of nitrogens with one attached hydrogen (secondary N) is 2. The summed E-state index contributed by atoms with van der Waals surface area (Å²) in [6, 6.07) is -4.20. The molecule has 2 unspecified atom stereocenters. The predicted octanol–water partition coefficient (Wildman–Crippen LogP) is 30.5. The first kappa shape index (κ1) is 130. The van der Waals surface area contributed by atoms with Gasteiger partial charge in [-0.05, 0) is 395 Å². The van der Waals surface area contributed by atoms with Gasteiger partial charge in [-0.2, -0.15) is 17.5 Å². The van der Waals surface area contributed by atoms with E-state index in [2.05, 4.69) is 264 Å². The van der Waals surface area contributed by atoms with Crippen LogP contribution in [0.1, 0.15) is 403 Å². The fraction of sp³-hybridized carbons (Fsp3) is 0.655. The van der Waals surface area contributed by atoms with Crippen molar-refractivity contribution in [1.29, 1.82) is 0 Å². The van der Waals surface area contributed by atoms with Crippen LogP contribution in [-0.4, -0.2) is 134 Å². The number of hydrogen-bond acceptors (Lipinski definition) is 15. The molecule has 0 radical (unpaired) electrons. The van der Waals surface area contributed by atoms with Crippen LogP contribution in [0.15, 0.2) is 221 Å². The summed E-state index contributed by atoms with van der Waals surface area (Å²) < 4.78 is 97.4. The number of ether oxygens (including phenoxy) is 3. The molecule has 2 aliphatic rings. The van der Waals surface area contributed by atoms with Crippen molar-refractivity contribution < 1.29 is 94.8 Å².